The van der Waals surface area contributed by atoms with Crippen molar-refractivity contribution >= 4 is 49.1 Å². The molecule has 1 amide bonds. The number of rotatable bonds is 6. The van der Waals surface area contributed by atoms with Gasteiger partial charge in [0.2, 0.25) is 10.0 Å². The fourth-order valence-corrected chi connectivity index (χ4v) is 6.40. The van der Waals surface area contributed by atoms with Gasteiger partial charge in [0.25, 0.3) is 5.91 Å². The van der Waals surface area contributed by atoms with Crippen molar-refractivity contribution < 1.29 is 13.2 Å². The number of hydrogen-bond donors (Lipinski definition) is 0. The molecule has 0 aliphatic carbocycles. The first-order valence-corrected chi connectivity index (χ1v) is 13.3. The van der Waals surface area contributed by atoms with Crippen molar-refractivity contribution in [3.8, 4) is 0 Å². The number of nitrogens with zero attached hydrogens (tertiary/aromatic N) is 3. The number of carbonyl (C=O) groups excluding carboxylic acids is 1. The number of aryl methyl sites for hydroxylation is 2. The summed E-state index contributed by atoms with van der Waals surface area (Å²) in [6.45, 7) is 4.34. The Morgan fingerprint density at radius 2 is 1.74 bits per heavy atom. The Kier molecular flexibility index (Phi) is 7.04. The standard InChI is InChI=1S/C25H24ClN3O3S2/c1-4-29(16-18-8-6-5-7-9-18)34(31,32)20-12-10-19(11-13-20)24(30)27-25-28(3)23-17(2)21(26)14-15-22(23)33-25/h5-15H,4,16H2,1-3H3. The summed E-state index contributed by atoms with van der Waals surface area (Å²) in [5, 5.41) is 0.656. The lowest BCUT2D eigenvalue weighted by Crippen LogP contribution is -2.30. The van der Waals surface area contributed by atoms with Gasteiger partial charge in [-0.1, -0.05) is 60.2 Å². The Balaban J connectivity index is 1.61. The molecule has 176 valence electrons. The van der Waals surface area contributed by atoms with E-state index >= 15 is 0 Å². The van der Waals surface area contributed by atoms with Gasteiger partial charge in [-0.3, -0.25) is 4.79 Å². The predicted molar refractivity (Wildman–Crippen MR) is 137 cm³/mol. The molecule has 34 heavy (non-hydrogen) atoms. The van der Waals surface area contributed by atoms with Gasteiger partial charge in [0.1, 0.15) is 0 Å². The molecule has 0 bridgehead atoms. The maximum atomic E-state index is 13.1. The summed E-state index contributed by atoms with van der Waals surface area (Å²) in [7, 11) is -1.86. The van der Waals surface area contributed by atoms with Crippen molar-refractivity contribution in [3.63, 3.8) is 0 Å². The number of fused-ring (bicyclic) bond motifs is 1. The Bertz CT molecular complexity index is 1520. The molecule has 0 atom stereocenters. The van der Waals surface area contributed by atoms with Crippen molar-refractivity contribution in [1.29, 1.82) is 0 Å². The largest absolute Gasteiger partial charge is 0.319 e. The van der Waals surface area contributed by atoms with Crippen LogP contribution in [0.15, 0.2) is 76.6 Å². The van der Waals surface area contributed by atoms with Crippen LogP contribution in [0.4, 0.5) is 0 Å². The highest BCUT2D eigenvalue weighted by Crippen LogP contribution is 2.26. The third-order valence-electron chi connectivity index (χ3n) is 5.64. The Morgan fingerprint density at radius 3 is 2.38 bits per heavy atom. The third kappa shape index (κ3) is 4.72. The number of thiazole rings is 1. The van der Waals surface area contributed by atoms with E-state index in [0.29, 0.717) is 21.9 Å². The zero-order chi connectivity index (χ0) is 24.5. The van der Waals surface area contributed by atoms with Gasteiger partial charge in [0.05, 0.1) is 15.1 Å². The van der Waals surface area contributed by atoms with E-state index in [1.165, 1.54) is 39.9 Å². The molecular formula is C25H24ClN3O3S2. The molecule has 0 radical (unpaired) electrons. The molecule has 6 nitrogen and oxygen atoms in total. The number of hydrogen-bond acceptors (Lipinski definition) is 4. The van der Waals surface area contributed by atoms with Crippen LogP contribution < -0.4 is 4.80 Å². The van der Waals surface area contributed by atoms with Crippen LogP contribution in [0.2, 0.25) is 5.02 Å². The molecule has 0 aliphatic heterocycles. The van der Waals surface area contributed by atoms with E-state index in [1.807, 2.05) is 61.0 Å². The molecule has 0 fully saturated rings. The van der Waals surface area contributed by atoms with Gasteiger partial charge in [0, 0.05) is 30.7 Å². The van der Waals surface area contributed by atoms with Crippen LogP contribution in [-0.4, -0.2) is 29.7 Å². The third-order valence-corrected chi connectivity index (χ3v) is 9.08. The van der Waals surface area contributed by atoms with Crippen molar-refractivity contribution in [2.24, 2.45) is 12.0 Å². The normalized spacial score (nSPS) is 12.6. The van der Waals surface area contributed by atoms with Crippen LogP contribution in [0.5, 0.6) is 0 Å². The molecule has 0 unspecified atom stereocenters. The number of benzene rings is 3. The summed E-state index contributed by atoms with van der Waals surface area (Å²) in [6, 6.07) is 19.1. The topological polar surface area (TPSA) is 71.7 Å². The van der Waals surface area contributed by atoms with Gasteiger partial charge < -0.3 is 4.57 Å². The highest BCUT2D eigenvalue weighted by Gasteiger charge is 2.23. The quantitative estimate of drug-likeness (QED) is 0.358. The van der Waals surface area contributed by atoms with Crippen LogP contribution in [0.1, 0.15) is 28.4 Å². The SMILES string of the molecule is CCN(Cc1ccccc1)S(=O)(=O)c1ccc(C(=O)N=c2sc3ccc(Cl)c(C)c3n2C)cc1. The van der Waals surface area contributed by atoms with Crippen molar-refractivity contribution in [2.75, 3.05) is 6.54 Å². The molecule has 0 N–H and O–H groups in total. The Hall–Kier alpha value is -2.78. The number of amides is 1. The maximum Gasteiger partial charge on any atom is 0.279 e. The van der Waals surface area contributed by atoms with Crippen LogP contribution in [0, 0.1) is 6.92 Å². The predicted octanol–water partition coefficient (Wildman–Crippen LogP) is 5.15. The summed E-state index contributed by atoms with van der Waals surface area (Å²) >= 11 is 7.64. The first kappa shape index (κ1) is 24.3. The molecule has 1 heterocycles. The van der Waals surface area contributed by atoms with E-state index < -0.39 is 15.9 Å². The lowest BCUT2D eigenvalue weighted by Gasteiger charge is -2.20. The van der Waals surface area contributed by atoms with Gasteiger partial charge in [-0.15, -0.1) is 0 Å². The fraction of sp³-hybridized carbons (Fsp3) is 0.200. The minimum atomic E-state index is -3.71. The highest BCUT2D eigenvalue weighted by molar-refractivity contribution is 7.89. The molecule has 9 heteroatoms. The molecular weight excluding hydrogens is 490 g/mol. The molecule has 4 rings (SSSR count). The molecule has 1 aromatic heterocycles. The van der Waals surface area contributed by atoms with Crippen LogP contribution >= 0.6 is 22.9 Å². The first-order valence-electron chi connectivity index (χ1n) is 10.7. The fourth-order valence-electron chi connectivity index (χ4n) is 3.73. The van der Waals surface area contributed by atoms with Gasteiger partial charge in [-0.25, -0.2) is 8.42 Å². The molecule has 0 spiro atoms. The van der Waals surface area contributed by atoms with E-state index in [0.717, 1.165) is 21.3 Å². The lowest BCUT2D eigenvalue weighted by atomic mass is 10.2. The highest BCUT2D eigenvalue weighted by atomic mass is 35.5. The number of halogens is 1. The summed E-state index contributed by atoms with van der Waals surface area (Å²) in [4.78, 5) is 17.8. The molecule has 0 saturated carbocycles. The van der Waals surface area contributed by atoms with Gasteiger partial charge in [0.15, 0.2) is 4.80 Å². The minimum Gasteiger partial charge on any atom is -0.319 e. The summed E-state index contributed by atoms with van der Waals surface area (Å²) in [5.41, 5.74) is 3.09. The van der Waals surface area contributed by atoms with Gasteiger partial charge >= 0.3 is 0 Å². The molecule has 4 aromatic rings. The Labute approximate surface area is 207 Å². The molecule has 3 aromatic carbocycles. The first-order chi connectivity index (χ1) is 16.2. The van der Waals surface area contributed by atoms with Crippen LogP contribution in [0.25, 0.3) is 10.2 Å². The molecule has 0 saturated heterocycles. The van der Waals surface area contributed by atoms with Crippen LogP contribution in [0.3, 0.4) is 0 Å². The van der Waals surface area contributed by atoms with E-state index in [9.17, 15) is 13.2 Å². The average molecular weight is 514 g/mol. The van der Waals surface area contributed by atoms with E-state index in [1.54, 1.807) is 6.92 Å². The Morgan fingerprint density at radius 1 is 1.06 bits per heavy atom. The monoisotopic (exact) mass is 513 g/mol. The van der Waals surface area contributed by atoms with Gasteiger partial charge in [-0.05, 0) is 54.4 Å². The van der Waals surface area contributed by atoms with Crippen molar-refractivity contribution in [2.45, 2.75) is 25.3 Å². The minimum absolute atomic E-state index is 0.138. The zero-order valence-corrected chi connectivity index (χ0v) is 21.4. The second kappa shape index (κ2) is 9.84. The smallest absolute Gasteiger partial charge is 0.279 e. The average Bonchev–Trinajstić information content (AvgIpc) is 3.16. The molecule has 0 aliphatic rings. The number of carbonyl (C=O) groups is 1. The maximum absolute atomic E-state index is 13.1. The second-order valence-electron chi connectivity index (χ2n) is 7.82. The van der Waals surface area contributed by atoms with E-state index in [2.05, 4.69) is 4.99 Å². The lowest BCUT2D eigenvalue weighted by molar-refractivity contribution is 0.0998. The number of aromatic nitrogens is 1. The van der Waals surface area contributed by atoms with Crippen LogP contribution in [-0.2, 0) is 23.6 Å². The zero-order valence-electron chi connectivity index (χ0n) is 19.0. The number of sulfonamides is 1. The summed E-state index contributed by atoms with van der Waals surface area (Å²) in [6.07, 6.45) is 0. The van der Waals surface area contributed by atoms with E-state index in [4.69, 9.17) is 11.6 Å². The summed E-state index contributed by atoms with van der Waals surface area (Å²) in [5.74, 6) is -0.438. The second-order valence-corrected chi connectivity index (χ2v) is 11.2. The van der Waals surface area contributed by atoms with E-state index in [-0.39, 0.29) is 11.4 Å². The van der Waals surface area contributed by atoms with Gasteiger partial charge in [-0.2, -0.15) is 9.30 Å². The van der Waals surface area contributed by atoms with Crippen molar-refractivity contribution in [3.05, 3.63) is 93.2 Å². The summed E-state index contributed by atoms with van der Waals surface area (Å²) < 4.78 is 30.5. The van der Waals surface area contributed by atoms with Crippen molar-refractivity contribution in [1.82, 2.24) is 8.87 Å².